The Morgan fingerprint density at radius 3 is 2.63 bits per heavy atom. The van der Waals surface area contributed by atoms with Crippen LogP contribution in [-0.4, -0.2) is 61.3 Å². The summed E-state index contributed by atoms with van der Waals surface area (Å²) in [6.45, 7) is 5.19. The fraction of sp³-hybridized carbons (Fsp3) is 0.917. The molecule has 4 nitrogen and oxygen atoms in total. The molecule has 1 aliphatic rings. The van der Waals surface area contributed by atoms with E-state index in [1.807, 2.05) is 6.92 Å². The second-order valence-electron chi connectivity index (χ2n) is 4.88. The highest BCUT2D eigenvalue weighted by molar-refractivity contribution is 5.74. The number of hydrogen-bond acceptors (Lipinski definition) is 2. The average molecular weight is 281 g/mol. The Bertz CT molecular complexity index is 296. The summed E-state index contributed by atoms with van der Waals surface area (Å²) in [5.74, 6) is 0.130. The Labute approximate surface area is 111 Å². The van der Waals surface area contributed by atoms with Crippen molar-refractivity contribution >= 4 is 6.03 Å². The number of nitrogens with zero attached hydrogens (tertiary/aromatic N) is 2. The first-order valence-corrected chi connectivity index (χ1v) is 6.67. The predicted molar refractivity (Wildman–Crippen MR) is 66.9 cm³/mol. The molecule has 1 atom stereocenters. The fourth-order valence-electron chi connectivity index (χ4n) is 2.35. The minimum atomic E-state index is -4.16. The highest BCUT2D eigenvalue weighted by Gasteiger charge is 2.33. The van der Waals surface area contributed by atoms with Gasteiger partial charge in [-0.2, -0.15) is 13.2 Å². The molecule has 0 bridgehead atoms. The summed E-state index contributed by atoms with van der Waals surface area (Å²) in [5.41, 5.74) is 0. The largest absolute Gasteiger partial charge is 0.401 e. The number of amides is 2. The molecule has 2 amide bonds. The number of hydrogen-bond donors (Lipinski definition) is 1. The number of halogens is 3. The molecule has 1 N–H and O–H groups in total. The van der Waals surface area contributed by atoms with Crippen molar-refractivity contribution in [2.45, 2.75) is 26.4 Å². The quantitative estimate of drug-likeness (QED) is 0.835. The van der Waals surface area contributed by atoms with Crippen LogP contribution in [-0.2, 0) is 0 Å². The van der Waals surface area contributed by atoms with E-state index in [4.69, 9.17) is 0 Å². The monoisotopic (exact) mass is 281 g/mol. The number of carbonyl (C=O) groups excluding carboxylic acids is 1. The maximum atomic E-state index is 12.4. The lowest BCUT2D eigenvalue weighted by atomic mass is 10.1. The molecule has 0 radical (unpaired) electrons. The minimum Gasteiger partial charge on any atom is -0.338 e. The lowest BCUT2D eigenvalue weighted by Crippen LogP contribution is -2.40. The van der Waals surface area contributed by atoms with Crippen LogP contribution in [0.25, 0.3) is 0 Å². The summed E-state index contributed by atoms with van der Waals surface area (Å²) in [7, 11) is 0. The van der Waals surface area contributed by atoms with Crippen molar-refractivity contribution < 1.29 is 18.0 Å². The smallest absolute Gasteiger partial charge is 0.338 e. The molecule has 112 valence electrons. The molecule has 1 fully saturated rings. The Balaban J connectivity index is 2.40. The molecule has 0 aliphatic carbocycles. The Hall–Kier alpha value is -0.980. The van der Waals surface area contributed by atoms with Crippen LogP contribution in [0.4, 0.5) is 18.0 Å². The first-order chi connectivity index (χ1) is 8.85. The second-order valence-corrected chi connectivity index (χ2v) is 4.88. The third kappa shape index (κ3) is 5.67. The number of urea groups is 1. The molecular weight excluding hydrogens is 259 g/mol. The van der Waals surface area contributed by atoms with Gasteiger partial charge in [-0.15, -0.1) is 0 Å². The number of carbonyl (C=O) groups is 1. The molecule has 0 saturated carbocycles. The van der Waals surface area contributed by atoms with Crippen molar-refractivity contribution in [3.63, 3.8) is 0 Å². The molecule has 1 rings (SSSR count). The van der Waals surface area contributed by atoms with Crippen LogP contribution in [0.1, 0.15) is 20.3 Å². The Morgan fingerprint density at radius 1 is 1.42 bits per heavy atom. The zero-order valence-electron chi connectivity index (χ0n) is 11.5. The van der Waals surface area contributed by atoms with E-state index in [-0.39, 0.29) is 11.9 Å². The van der Waals surface area contributed by atoms with E-state index in [2.05, 4.69) is 5.32 Å². The number of alkyl halides is 3. The maximum Gasteiger partial charge on any atom is 0.401 e. The molecule has 1 aliphatic heterocycles. The first kappa shape index (κ1) is 16.1. The first-order valence-electron chi connectivity index (χ1n) is 6.67. The van der Waals surface area contributed by atoms with Gasteiger partial charge in [-0.05, 0) is 25.8 Å². The van der Waals surface area contributed by atoms with Crippen LogP contribution in [0.2, 0.25) is 0 Å². The molecule has 1 unspecified atom stereocenters. The summed E-state index contributed by atoms with van der Waals surface area (Å²) in [4.78, 5) is 14.7. The van der Waals surface area contributed by atoms with Gasteiger partial charge in [0.2, 0.25) is 0 Å². The molecule has 0 spiro atoms. The molecule has 0 aromatic carbocycles. The number of rotatable bonds is 5. The Kier molecular flexibility index (Phi) is 5.90. The molecule has 0 aromatic heterocycles. The highest BCUT2D eigenvalue weighted by atomic mass is 19.4. The normalized spacial score (nSPS) is 20.1. The van der Waals surface area contributed by atoms with Gasteiger partial charge in [0, 0.05) is 26.2 Å². The van der Waals surface area contributed by atoms with Gasteiger partial charge in [0.25, 0.3) is 0 Å². The van der Waals surface area contributed by atoms with Gasteiger partial charge < -0.3 is 10.2 Å². The standard InChI is InChI=1S/C12H22F3N3O/c1-3-16-11(19)18-6-5-10(8-18)7-17(4-2)9-12(13,14)15/h10H,3-9H2,1-2H3,(H,16,19). The molecular formula is C12H22F3N3O. The van der Waals surface area contributed by atoms with E-state index in [0.717, 1.165) is 6.42 Å². The minimum absolute atomic E-state index is 0.121. The van der Waals surface area contributed by atoms with E-state index in [1.54, 1.807) is 11.8 Å². The summed E-state index contributed by atoms with van der Waals surface area (Å²) in [6.07, 6.45) is -3.39. The topological polar surface area (TPSA) is 35.6 Å². The van der Waals surface area contributed by atoms with Crippen molar-refractivity contribution in [3.8, 4) is 0 Å². The van der Waals surface area contributed by atoms with Crippen molar-refractivity contribution in [2.24, 2.45) is 5.92 Å². The van der Waals surface area contributed by atoms with Gasteiger partial charge in [0.1, 0.15) is 0 Å². The van der Waals surface area contributed by atoms with Gasteiger partial charge in [0.15, 0.2) is 0 Å². The lowest BCUT2D eigenvalue weighted by molar-refractivity contribution is -0.146. The van der Waals surface area contributed by atoms with Gasteiger partial charge in [-0.25, -0.2) is 4.79 Å². The SMILES string of the molecule is CCNC(=O)N1CCC(CN(CC)CC(F)(F)F)C1. The van der Waals surface area contributed by atoms with E-state index in [9.17, 15) is 18.0 Å². The van der Waals surface area contributed by atoms with E-state index in [1.165, 1.54) is 4.90 Å². The van der Waals surface area contributed by atoms with Crippen molar-refractivity contribution in [1.29, 1.82) is 0 Å². The van der Waals surface area contributed by atoms with Gasteiger partial charge in [0.05, 0.1) is 6.54 Å². The van der Waals surface area contributed by atoms with Crippen LogP contribution in [0, 0.1) is 5.92 Å². The van der Waals surface area contributed by atoms with Crippen molar-refractivity contribution in [3.05, 3.63) is 0 Å². The predicted octanol–water partition coefficient (Wildman–Crippen LogP) is 1.92. The lowest BCUT2D eigenvalue weighted by Gasteiger charge is -2.25. The molecule has 7 heteroatoms. The third-order valence-electron chi connectivity index (χ3n) is 3.27. The van der Waals surface area contributed by atoms with Gasteiger partial charge >= 0.3 is 12.2 Å². The van der Waals surface area contributed by atoms with Crippen LogP contribution in [0.5, 0.6) is 0 Å². The summed E-state index contributed by atoms with van der Waals surface area (Å²) >= 11 is 0. The third-order valence-corrected chi connectivity index (χ3v) is 3.27. The number of likely N-dealkylation sites (tertiary alicyclic amines) is 1. The average Bonchev–Trinajstić information content (AvgIpc) is 2.75. The maximum absolute atomic E-state index is 12.4. The molecule has 19 heavy (non-hydrogen) atoms. The van der Waals surface area contributed by atoms with Gasteiger partial charge in [-0.1, -0.05) is 6.92 Å². The van der Waals surface area contributed by atoms with Gasteiger partial charge in [-0.3, -0.25) is 4.90 Å². The second kappa shape index (κ2) is 6.98. The fourth-order valence-corrected chi connectivity index (χ4v) is 2.35. The molecule has 1 heterocycles. The van der Waals surface area contributed by atoms with Crippen molar-refractivity contribution in [1.82, 2.24) is 15.1 Å². The summed E-state index contributed by atoms with van der Waals surface area (Å²) < 4.78 is 37.1. The van der Waals surface area contributed by atoms with E-state index in [0.29, 0.717) is 32.7 Å². The van der Waals surface area contributed by atoms with Crippen molar-refractivity contribution in [2.75, 3.05) is 39.3 Å². The highest BCUT2D eigenvalue weighted by Crippen LogP contribution is 2.21. The zero-order valence-corrected chi connectivity index (χ0v) is 11.5. The zero-order chi connectivity index (χ0) is 14.5. The van der Waals surface area contributed by atoms with Crippen LogP contribution < -0.4 is 5.32 Å². The molecule has 1 saturated heterocycles. The number of nitrogens with one attached hydrogen (secondary N) is 1. The van der Waals surface area contributed by atoms with E-state index < -0.39 is 12.7 Å². The van der Waals surface area contributed by atoms with Crippen LogP contribution in [0.15, 0.2) is 0 Å². The summed E-state index contributed by atoms with van der Waals surface area (Å²) in [6, 6.07) is -0.121. The summed E-state index contributed by atoms with van der Waals surface area (Å²) in [5, 5.41) is 2.71. The Morgan fingerprint density at radius 2 is 2.11 bits per heavy atom. The van der Waals surface area contributed by atoms with E-state index >= 15 is 0 Å². The van der Waals surface area contributed by atoms with Crippen LogP contribution in [0.3, 0.4) is 0 Å². The molecule has 0 aromatic rings. The van der Waals surface area contributed by atoms with Crippen LogP contribution >= 0.6 is 0 Å².